The van der Waals surface area contributed by atoms with E-state index in [-0.39, 0.29) is 12.1 Å². The molecule has 108 valence electrons. The Kier molecular flexibility index (Phi) is 6.57. The molecular weight excluding hydrogens is 228 g/mol. The van der Waals surface area contributed by atoms with Gasteiger partial charge in [0.25, 0.3) is 0 Å². The first-order valence-corrected chi connectivity index (χ1v) is 7.21. The number of nitrogens with zero attached hydrogens (tertiary/aromatic N) is 1. The van der Waals surface area contributed by atoms with Crippen molar-refractivity contribution in [1.29, 1.82) is 0 Å². The van der Waals surface area contributed by atoms with Gasteiger partial charge in [-0.05, 0) is 19.8 Å². The van der Waals surface area contributed by atoms with E-state index >= 15 is 0 Å². The normalized spacial score (nSPS) is 25.3. The van der Waals surface area contributed by atoms with Crippen molar-refractivity contribution in [3.63, 3.8) is 0 Å². The highest BCUT2D eigenvalue weighted by molar-refractivity contribution is 4.86. The second kappa shape index (κ2) is 7.43. The molecule has 1 aliphatic rings. The standard InChI is InChI=1S/C14H30N2O2/c1-5-13-10-18-9-8-16(13)7-6-14(4,11-17)15-12(2)3/h12-13,15,17H,5-11H2,1-4H3. The van der Waals surface area contributed by atoms with Crippen LogP contribution < -0.4 is 5.32 Å². The highest BCUT2D eigenvalue weighted by Crippen LogP contribution is 2.16. The summed E-state index contributed by atoms with van der Waals surface area (Å²) in [4.78, 5) is 2.50. The van der Waals surface area contributed by atoms with Crippen molar-refractivity contribution in [3.8, 4) is 0 Å². The third-order valence-electron chi connectivity index (χ3n) is 3.76. The zero-order valence-electron chi connectivity index (χ0n) is 12.4. The Labute approximate surface area is 112 Å². The van der Waals surface area contributed by atoms with Crippen molar-refractivity contribution in [2.24, 2.45) is 0 Å². The Hall–Kier alpha value is -0.160. The Morgan fingerprint density at radius 3 is 2.78 bits per heavy atom. The maximum Gasteiger partial charge on any atom is 0.0622 e. The SMILES string of the molecule is CCC1COCCN1CCC(C)(CO)NC(C)C. The van der Waals surface area contributed by atoms with Gasteiger partial charge in [0.2, 0.25) is 0 Å². The van der Waals surface area contributed by atoms with E-state index in [0.29, 0.717) is 12.1 Å². The number of aliphatic hydroxyl groups excluding tert-OH is 1. The van der Waals surface area contributed by atoms with Crippen molar-refractivity contribution < 1.29 is 9.84 Å². The number of hydrogen-bond donors (Lipinski definition) is 2. The van der Waals surface area contributed by atoms with Gasteiger partial charge in [-0.1, -0.05) is 20.8 Å². The maximum absolute atomic E-state index is 9.58. The molecule has 0 bridgehead atoms. The van der Waals surface area contributed by atoms with Crippen LogP contribution in [0.1, 0.15) is 40.5 Å². The molecule has 1 aliphatic heterocycles. The first-order chi connectivity index (χ1) is 8.50. The summed E-state index contributed by atoms with van der Waals surface area (Å²) in [7, 11) is 0. The third-order valence-corrected chi connectivity index (χ3v) is 3.76. The molecule has 1 saturated heterocycles. The van der Waals surface area contributed by atoms with Crippen molar-refractivity contribution in [2.75, 3.05) is 32.9 Å². The predicted molar refractivity (Wildman–Crippen MR) is 74.9 cm³/mol. The van der Waals surface area contributed by atoms with Crippen LogP contribution in [0, 0.1) is 0 Å². The molecule has 2 unspecified atom stereocenters. The minimum Gasteiger partial charge on any atom is -0.394 e. The van der Waals surface area contributed by atoms with Crippen molar-refractivity contribution in [1.82, 2.24) is 10.2 Å². The minimum atomic E-state index is -0.176. The summed E-state index contributed by atoms with van der Waals surface area (Å²) in [6.07, 6.45) is 2.10. The molecule has 4 heteroatoms. The van der Waals surface area contributed by atoms with Crippen LogP contribution in [0.2, 0.25) is 0 Å². The van der Waals surface area contributed by atoms with Crippen LogP contribution in [0.5, 0.6) is 0 Å². The van der Waals surface area contributed by atoms with E-state index in [2.05, 4.69) is 37.9 Å². The van der Waals surface area contributed by atoms with Crippen molar-refractivity contribution in [2.45, 2.75) is 58.2 Å². The Morgan fingerprint density at radius 1 is 1.50 bits per heavy atom. The molecule has 1 rings (SSSR count). The van der Waals surface area contributed by atoms with Crippen molar-refractivity contribution in [3.05, 3.63) is 0 Å². The lowest BCUT2D eigenvalue weighted by molar-refractivity contribution is -0.0138. The molecule has 4 nitrogen and oxygen atoms in total. The fourth-order valence-corrected chi connectivity index (χ4v) is 2.64. The van der Waals surface area contributed by atoms with E-state index in [1.807, 2.05) is 0 Å². The summed E-state index contributed by atoms with van der Waals surface area (Å²) >= 11 is 0. The molecule has 0 amide bonds. The average Bonchev–Trinajstić information content (AvgIpc) is 2.36. The summed E-state index contributed by atoms with van der Waals surface area (Å²) in [6.45, 7) is 12.5. The molecule has 0 radical (unpaired) electrons. The Balaban J connectivity index is 2.45. The maximum atomic E-state index is 9.58. The van der Waals surface area contributed by atoms with E-state index in [4.69, 9.17) is 4.74 Å². The highest BCUT2D eigenvalue weighted by atomic mass is 16.5. The van der Waals surface area contributed by atoms with Crippen LogP contribution in [0.15, 0.2) is 0 Å². The van der Waals surface area contributed by atoms with E-state index < -0.39 is 0 Å². The molecule has 1 heterocycles. The number of aliphatic hydroxyl groups is 1. The largest absolute Gasteiger partial charge is 0.394 e. The second-order valence-corrected chi connectivity index (χ2v) is 5.94. The zero-order valence-corrected chi connectivity index (χ0v) is 12.4. The van der Waals surface area contributed by atoms with Crippen LogP contribution in [0.25, 0.3) is 0 Å². The lowest BCUT2D eigenvalue weighted by Crippen LogP contribution is -2.53. The number of nitrogens with one attached hydrogen (secondary N) is 1. The van der Waals surface area contributed by atoms with E-state index in [9.17, 15) is 5.11 Å². The average molecular weight is 258 g/mol. The second-order valence-electron chi connectivity index (χ2n) is 5.94. The number of hydrogen-bond acceptors (Lipinski definition) is 4. The van der Waals surface area contributed by atoms with Crippen LogP contribution in [0.3, 0.4) is 0 Å². The molecule has 0 spiro atoms. The lowest BCUT2D eigenvalue weighted by Gasteiger charge is -2.38. The number of morpholine rings is 1. The van der Waals surface area contributed by atoms with Gasteiger partial charge in [0.1, 0.15) is 0 Å². The summed E-state index contributed by atoms with van der Waals surface area (Å²) in [5.74, 6) is 0. The highest BCUT2D eigenvalue weighted by Gasteiger charge is 2.27. The van der Waals surface area contributed by atoms with Gasteiger partial charge in [0.15, 0.2) is 0 Å². The molecule has 18 heavy (non-hydrogen) atoms. The number of rotatable bonds is 7. The monoisotopic (exact) mass is 258 g/mol. The molecule has 2 N–H and O–H groups in total. The van der Waals surface area contributed by atoms with Gasteiger partial charge in [0, 0.05) is 30.7 Å². The summed E-state index contributed by atoms with van der Waals surface area (Å²) in [5, 5.41) is 13.1. The minimum absolute atomic E-state index is 0.176. The van der Waals surface area contributed by atoms with E-state index in [1.54, 1.807) is 0 Å². The fourth-order valence-electron chi connectivity index (χ4n) is 2.64. The van der Waals surface area contributed by atoms with Crippen molar-refractivity contribution >= 4 is 0 Å². The van der Waals surface area contributed by atoms with Crippen LogP contribution >= 0.6 is 0 Å². The quantitative estimate of drug-likeness (QED) is 0.721. The molecule has 0 aliphatic carbocycles. The van der Waals surface area contributed by atoms with Crippen LogP contribution in [-0.2, 0) is 4.74 Å². The van der Waals surface area contributed by atoms with Crippen LogP contribution in [0.4, 0.5) is 0 Å². The lowest BCUT2D eigenvalue weighted by atomic mass is 9.96. The topological polar surface area (TPSA) is 44.7 Å². The summed E-state index contributed by atoms with van der Waals surface area (Å²) in [5.41, 5.74) is -0.176. The smallest absolute Gasteiger partial charge is 0.0622 e. The first kappa shape index (κ1) is 15.9. The van der Waals surface area contributed by atoms with Gasteiger partial charge in [-0.15, -0.1) is 0 Å². The van der Waals surface area contributed by atoms with Gasteiger partial charge in [-0.3, -0.25) is 4.90 Å². The molecule has 0 saturated carbocycles. The van der Waals surface area contributed by atoms with Gasteiger partial charge in [0.05, 0.1) is 19.8 Å². The first-order valence-electron chi connectivity index (χ1n) is 7.21. The predicted octanol–water partition coefficient (Wildman–Crippen LogP) is 1.24. The molecule has 0 aromatic heterocycles. The van der Waals surface area contributed by atoms with E-state index in [1.165, 1.54) is 0 Å². The summed E-state index contributed by atoms with van der Waals surface area (Å²) < 4.78 is 5.52. The van der Waals surface area contributed by atoms with Gasteiger partial charge in [-0.25, -0.2) is 0 Å². The number of ether oxygens (including phenoxy) is 1. The molecule has 0 aromatic rings. The Bertz CT molecular complexity index is 236. The third kappa shape index (κ3) is 4.84. The van der Waals surface area contributed by atoms with Gasteiger partial charge >= 0.3 is 0 Å². The molecule has 0 aromatic carbocycles. The molecular formula is C14H30N2O2. The zero-order chi connectivity index (χ0) is 13.6. The summed E-state index contributed by atoms with van der Waals surface area (Å²) in [6, 6.07) is 0.939. The van der Waals surface area contributed by atoms with E-state index in [0.717, 1.165) is 39.1 Å². The fraction of sp³-hybridized carbons (Fsp3) is 1.00. The molecule has 2 atom stereocenters. The Morgan fingerprint density at radius 2 is 2.22 bits per heavy atom. The van der Waals surface area contributed by atoms with Gasteiger partial charge < -0.3 is 15.2 Å². The van der Waals surface area contributed by atoms with Crippen LogP contribution in [-0.4, -0.2) is 60.5 Å². The van der Waals surface area contributed by atoms with Gasteiger partial charge in [-0.2, -0.15) is 0 Å². The molecule has 1 fully saturated rings.